The first-order chi connectivity index (χ1) is 10.4. The second-order valence-electron chi connectivity index (χ2n) is 6.24. The van der Waals surface area contributed by atoms with Gasteiger partial charge in [0, 0.05) is 6.07 Å². The molecule has 0 aliphatic heterocycles. The summed E-state index contributed by atoms with van der Waals surface area (Å²) >= 11 is 0. The Bertz CT molecular complexity index is 795. The predicted molar refractivity (Wildman–Crippen MR) is 86.9 cm³/mol. The molecule has 130 valence electrons. The van der Waals surface area contributed by atoms with Gasteiger partial charge in [0.15, 0.2) is 19.7 Å². The zero-order valence-electron chi connectivity index (χ0n) is 13.5. The Labute approximate surface area is 136 Å². The summed E-state index contributed by atoms with van der Waals surface area (Å²) in [7, 11) is -7.65. The van der Waals surface area contributed by atoms with Gasteiger partial charge in [-0.05, 0) is 24.0 Å². The number of rotatable bonds is 7. The number of benzene rings is 1. The molecule has 9 heteroatoms. The van der Waals surface area contributed by atoms with Crippen molar-refractivity contribution >= 4 is 25.4 Å². The van der Waals surface area contributed by atoms with E-state index in [2.05, 4.69) is 0 Å². The first kappa shape index (κ1) is 19.6. The molecule has 1 rings (SSSR count). The molecule has 1 aromatic carbocycles. The minimum atomic E-state index is -3.95. The van der Waals surface area contributed by atoms with Crippen LogP contribution in [0.3, 0.4) is 0 Å². The molecule has 0 aliphatic carbocycles. The number of nitro benzene ring substituents is 1. The van der Waals surface area contributed by atoms with E-state index in [1.165, 1.54) is 0 Å². The average Bonchev–Trinajstić information content (AvgIpc) is 2.34. The minimum Gasteiger partial charge on any atom is -0.258 e. The fourth-order valence-electron chi connectivity index (χ4n) is 2.15. The maximum Gasteiger partial charge on any atom is 0.288 e. The number of sulfone groups is 2. The molecule has 0 amide bonds. The topological polar surface area (TPSA) is 111 Å². The van der Waals surface area contributed by atoms with Gasteiger partial charge in [0.05, 0.1) is 21.3 Å². The van der Waals surface area contributed by atoms with Gasteiger partial charge < -0.3 is 0 Å². The van der Waals surface area contributed by atoms with Gasteiger partial charge >= 0.3 is 0 Å². The third-order valence-electron chi connectivity index (χ3n) is 2.93. The smallest absolute Gasteiger partial charge is 0.258 e. The van der Waals surface area contributed by atoms with Crippen LogP contribution in [0.4, 0.5) is 5.69 Å². The van der Waals surface area contributed by atoms with Crippen molar-refractivity contribution in [3.05, 3.63) is 28.3 Å². The Kier molecular flexibility index (Phi) is 5.92. The fourth-order valence-corrected chi connectivity index (χ4v) is 5.69. The van der Waals surface area contributed by atoms with Crippen LogP contribution >= 0.6 is 0 Å². The minimum absolute atomic E-state index is 0.147. The number of hydrogen-bond donors (Lipinski definition) is 0. The van der Waals surface area contributed by atoms with Gasteiger partial charge in [-0.1, -0.05) is 27.7 Å². The number of nitrogens with zero attached hydrogens (tertiary/aromatic N) is 1. The molecule has 0 saturated carbocycles. The van der Waals surface area contributed by atoms with Crippen LogP contribution in [0.25, 0.3) is 0 Å². The summed E-state index contributed by atoms with van der Waals surface area (Å²) in [6, 6.07) is 2.94. The average molecular weight is 363 g/mol. The highest BCUT2D eigenvalue weighted by Gasteiger charge is 2.29. The lowest BCUT2D eigenvalue weighted by atomic mass is 10.3. The number of hydrogen-bond acceptors (Lipinski definition) is 6. The Morgan fingerprint density at radius 3 is 1.87 bits per heavy atom. The highest BCUT2D eigenvalue weighted by atomic mass is 32.2. The third kappa shape index (κ3) is 5.00. The zero-order valence-corrected chi connectivity index (χ0v) is 15.1. The Hall–Kier alpha value is -1.48. The molecule has 0 radical (unpaired) electrons. The molecule has 0 saturated heterocycles. The monoisotopic (exact) mass is 363 g/mol. The van der Waals surface area contributed by atoms with E-state index in [9.17, 15) is 26.9 Å². The van der Waals surface area contributed by atoms with Crippen LogP contribution in [0.15, 0.2) is 28.0 Å². The SMILES string of the molecule is CC(C)CS(=O)(=O)c1ccc([N+](=O)[O-])c(S(=O)(=O)CC(C)C)c1. The van der Waals surface area contributed by atoms with Crippen LogP contribution < -0.4 is 0 Å². The van der Waals surface area contributed by atoms with Gasteiger partial charge in [0.2, 0.25) is 0 Å². The second kappa shape index (κ2) is 6.96. The van der Waals surface area contributed by atoms with Crippen LogP contribution in [0.2, 0.25) is 0 Å². The normalized spacial score (nSPS) is 12.8. The van der Waals surface area contributed by atoms with Crippen molar-refractivity contribution in [1.82, 2.24) is 0 Å². The standard InChI is InChI=1S/C14H21NO6S2/c1-10(2)8-22(18,19)12-5-6-13(15(16)17)14(7-12)23(20,21)9-11(3)4/h5-7,10-11H,8-9H2,1-4H3. The highest BCUT2D eigenvalue weighted by Crippen LogP contribution is 2.29. The molecule has 0 unspecified atom stereocenters. The summed E-state index contributed by atoms with van der Waals surface area (Å²) in [4.78, 5) is 9.52. The van der Waals surface area contributed by atoms with Crippen LogP contribution in [-0.4, -0.2) is 33.3 Å². The van der Waals surface area contributed by atoms with Crippen molar-refractivity contribution in [2.45, 2.75) is 37.5 Å². The summed E-state index contributed by atoms with van der Waals surface area (Å²) in [5, 5.41) is 11.1. The van der Waals surface area contributed by atoms with E-state index in [0.717, 1.165) is 18.2 Å². The van der Waals surface area contributed by atoms with Gasteiger partial charge in [0.25, 0.3) is 5.69 Å². The largest absolute Gasteiger partial charge is 0.288 e. The van der Waals surface area contributed by atoms with Crippen LogP contribution in [-0.2, 0) is 19.7 Å². The van der Waals surface area contributed by atoms with E-state index in [4.69, 9.17) is 0 Å². The van der Waals surface area contributed by atoms with E-state index in [1.807, 2.05) is 0 Å². The summed E-state index contributed by atoms with van der Waals surface area (Å²) in [5.74, 6) is -0.836. The third-order valence-corrected chi connectivity index (χ3v) is 7.11. The molecule has 7 nitrogen and oxygen atoms in total. The van der Waals surface area contributed by atoms with Crippen LogP contribution in [0.1, 0.15) is 27.7 Å². The van der Waals surface area contributed by atoms with Crippen molar-refractivity contribution in [3.63, 3.8) is 0 Å². The molecule has 0 spiro atoms. The number of nitro groups is 1. The first-order valence-electron chi connectivity index (χ1n) is 7.10. The molecule has 1 aromatic rings. The Balaban J connectivity index is 3.55. The van der Waals surface area contributed by atoms with Gasteiger partial charge in [-0.25, -0.2) is 16.8 Å². The van der Waals surface area contributed by atoms with Crippen LogP contribution in [0, 0.1) is 22.0 Å². The van der Waals surface area contributed by atoms with Crippen molar-refractivity contribution in [2.75, 3.05) is 11.5 Å². The van der Waals surface area contributed by atoms with Crippen molar-refractivity contribution in [2.24, 2.45) is 11.8 Å². The predicted octanol–water partition coefficient (Wildman–Crippen LogP) is 2.45. The molecular weight excluding hydrogens is 342 g/mol. The van der Waals surface area contributed by atoms with E-state index in [-0.39, 0.29) is 28.2 Å². The van der Waals surface area contributed by atoms with Gasteiger partial charge in [-0.15, -0.1) is 0 Å². The molecule has 0 bridgehead atoms. The summed E-state index contributed by atoms with van der Waals surface area (Å²) < 4.78 is 49.3. The van der Waals surface area contributed by atoms with Crippen LogP contribution in [0.5, 0.6) is 0 Å². The van der Waals surface area contributed by atoms with Crippen molar-refractivity contribution in [1.29, 1.82) is 0 Å². The fraction of sp³-hybridized carbons (Fsp3) is 0.571. The molecular formula is C14H21NO6S2. The molecule has 23 heavy (non-hydrogen) atoms. The lowest BCUT2D eigenvalue weighted by molar-refractivity contribution is -0.387. The lowest BCUT2D eigenvalue weighted by Crippen LogP contribution is -2.16. The van der Waals surface area contributed by atoms with Gasteiger partial charge in [0.1, 0.15) is 4.90 Å². The quantitative estimate of drug-likeness (QED) is 0.543. The molecule has 0 aliphatic rings. The van der Waals surface area contributed by atoms with E-state index < -0.39 is 35.2 Å². The first-order valence-corrected chi connectivity index (χ1v) is 10.4. The molecule has 0 heterocycles. The molecule has 0 fully saturated rings. The van der Waals surface area contributed by atoms with Crippen molar-refractivity contribution < 1.29 is 21.8 Å². The maximum atomic E-state index is 12.4. The van der Waals surface area contributed by atoms with Gasteiger partial charge in [-0.2, -0.15) is 0 Å². The highest BCUT2D eigenvalue weighted by molar-refractivity contribution is 7.92. The molecule has 0 N–H and O–H groups in total. The summed E-state index contributed by atoms with van der Waals surface area (Å²) in [6.45, 7) is 6.78. The Morgan fingerprint density at radius 2 is 1.43 bits per heavy atom. The summed E-state index contributed by atoms with van der Waals surface area (Å²) in [6.07, 6.45) is 0. The van der Waals surface area contributed by atoms with E-state index in [1.54, 1.807) is 27.7 Å². The maximum absolute atomic E-state index is 12.4. The molecule has 0 atom stereocenters. The van der Waals surface area contributed by atoms with E-state index in [0.29, 0.717) is 0 Å². The van der Waals surface area contributed by atoms with Gasteiger partial charge in [-0.3, -0.25) is 10.1 Å². The lowest BCUT2D eigenvalue weighted by Gasteiger charge is -2.11. The Morgan fingerprint density at radius 1 is 0.957 bits per heavy atom. The summed E-state index contributed by atoms with van der Waals surface area (Å²) in [5.41, 5.74) is -0.603. The second-order valence-corrected chi connectivity index (χ2v) is 10.3. The van der Waals surface area contributed by atoms with E-state index >= 15 is 0 Å². The zero-order chi connectivity index (χ0) is 18.0. The molecule has 0 aromatic heterocycles. The van der Waals surface area contributed by atoms with Crippen molar-refractivity contribution in [3.8, 4) is 0 Å².